The van der Waals surface area contributed by atoms with E-state index >= 15 is 0 Å². The third kappa shape index (κ3) is 10.7. The van der Waals surface area contributed by atoms with Crippen molar-refractivity contribution >= 4 is 23.2 Å². The molecule has 1 rings (SSSR count). The summed E-state index contributed by atoms with van der Waals surface area (Å²) in [7, 11) is 3.83. The second-order valence-electron chi connectivity index (χ2n) is 8.33. The van der Waals surface area contributed by atoms with E-state index in [-0.39, 0.29) is 11.8 Å². The van der Waals surface area contributed by atoms with E-state index in [0.29, 0.717) is 24.2 Å². The number of unbranched alkanes of at least 4 members (excludes halogenated alkanes) is 6. The molecule has 0 heterocycles. The number of nitrogens with one attached hydrogen (secondary N) is 2. The molecule has 1 aromatic carbocycles. The summed E-state index contributed by atoms with van der Waals surface area (Å²) in [4.78, 5) is 29.3. The van der Waals surface area contributed by atoms with Crippen LogP contribution >= 0.6 is 0 Å². The lowest BCUT2D eigenvalue weighted by atomic mass is 10.1. The minimum Gasteiger partial charge on any atom is -0.377 e. The average Bonchev–Trinajstić information content (AvgIpc) is 2.75. The van der Waals surface area contributed by atoms with Gasteiger partial charge in [-0.1, -0.05) is 59.3 Å². The molecular formula is C25H44N4O2. The molecule has 0 saturated carbocycles. The normalized spacial score (nSPS) is 10.9. The quantitative estimate of drug-likeness (QED) is 0.365. The predicted molar refractivity (Wildman–Crippen MR) is 132 cm³/mol. The van der Waals surface area contributed by atoms with Crippen LogP contribution in [0.3, 0.4) is 0 Å². The van der Waals surface area contributed by atoms with Crippen molar-refractivity contribution in [1.82, 2.24) is 10.2 Å². The Bertz CT molecular complexity index is 657. The van der Waals surface area contributed by atoms with Crippen molar-refractivity contribution in [2.45, 2.75) is 72.1 Å². The van der Waals surface area contributed by atoms with Gasteiger partial charge in [-0.05, 0) is 37.7 Å². The number of nitrogens with zero attached hydrogens (tertiary/aromatic N) is 2. The number of likely N-dealkylation sites (N-methyl/N-ethyl adjacent to an activating group) is 1. The Balaban J connectivity index is 2.60. The van der Waals surface area contributed by atoms with Crippen molar-refractivity contribution in [2.75, 3.05) is 50.5 Å². The molecule has 1 aromatic rings. The summed E-state index contributed by atoms with van der Waals surface area (Å²) in [6.45, 7) is 9.82. The smallest absolute Gasteiger partial charge is 0.253 e. The fourth-order valence-electron chi connectivity index (χ4n) is 3.61. The Labute approximate surface area is 189 Å². The van der Waals surface area contributed by atoms with E-state index in [1.165, 1.54) is 32.1 Å². The van der Waals surface area contributed by atoms with Crippen LogP contribution in [0, 0.1) is 0 Å². The number of hydrogen-bond donors (Lipinski definition) is 2. The Kier molecular flexibility index (Phi) is 13.6. The number of anilines is 2. The van der Waals surface area contributed by atoms with Gasteiger partial charge in [0, 0.05) is 45.0 Å². The Morgan fingerprint density at radius 3 is 2.16 bits per heavy atom. The number of carbonyl (C=O) groups excluding carboxylic acids is 2. The minimum atomic E-state index is -0.112. The molecule has 6 nitrogen and oxygen atoms in total. The highest BCUT2D eigenvalue weighted by atomic mass is 16.2. The topological polar surface area (TPSA) is 64.7 Å². The van der Waals surface area contributed by atoms with E-state index in [1.807, 2.05) is 31.1 Å². The van der Waals surface area contributed by atoms with Gasteiger partial charge in [-0.3, -0.25) is 9.59 Å². The molecule has 0 atom stereocenters. The summed E-state index contributed by atoms with van der Waals surface area (Å²) in [6.07, 6.45) is 8.83. The maximum Gasteiger partial charge on any atom is 0.253 e. The minimum absolute atomic E-state index is 0.0130. The van der Waals surface area contributed by atoms with Crippen molar-refractivity contribution in [3.8, 4) is 0 Å². The van der Waals surface area contributed by atoms with Gasteiger partial charge in [0.25, 0.3) is 5.91 Å². The van der Waals surface area contributed by atoms with Gasteiger partial charge in [-0.2, -0.15) is 0 Å². The number of carbonyl (C=O) groups is 2. The van der Waals surface area contributed by atoms with Gasteiger partial charge in [0.1, 0.15) is 0 Å². The first kappa shape index (κ1) is 27.0. The van der Waals surface area contributed by atoms with Crippen LogP contribution in [-0.2, 0) is 4.79 Å². The lowest BCUT2D eigenvalue weighted by molar-refractivity contribution is -0.116. The number of hydrogen-bond acceptors (Lipinski definition) is 4. The fourth-order valence-corrected chi connectivity index (χ4v) is 3.61. The molecule has 0 aliphatic rings. The third-order valence-corrected chi connectivity index (χ3v) is 5.62. The van der Waals surface area contributed by atoms with Crippen molar-refractivity contribution in [1.29, 1.82) is 0 Å². The molecule has 0 fully saturated rings. The zero-order valence-electron chi connectivity index (χ0n) is 20.4. The molecule has 0 bridgehead atoms. The zero-order valence-corrected chi connectivity index (χ0v) is 20.4. The summed E-state index contributed by atoms with van der Waals surface area (Å²) >= 11 is 0. The second-order valence-corrected chi connectivity index (χ2v) is 8.33. The van der Waals surface area contributed by atoms with Crippen molar-refractivity contribution in [3.63, 3.8) is 0 Å². The van der Waals surface area contributed by atoms with Crippen LogP contribution in [-0.4, -0.2) is 57.0 Å². The predicted octanol–water partition coefficient (Wildman–Crippen LogP) is 4.90. The van der Waals surface area contributed by atoms with E-state index in [4.69, 9.17) is 0 Å². The lowest BCUT2D eigenvalue weighted by Gasteiger charge is -2.20. The highest BCUT2D eigenvalue weighted by Gasteiger charge is 2.15. The van der Waals surface area contributed by atoms with Gasteiger partial charge in [-0.25, -0.2) is 0 Å². The van der Waals surface area contributed by atoms with Crippen LogP contribution in [0.2, 0.25) is 0 Å². The van der Waals surface area contributed by atoms with E-state index < -0.39 is 0 Å². The molecule has 0 spiro atoms. The lowest BCUT2D eigenvalue weighted by Crippen LogP contribution is -2.35. The molecule has 176 valence electrons. The SMILES string of the molecule is CCCCCCCCCC(=O)Nc1ccc(N(C)C)c(C(=O)NCCN(CC)CC)c1. The van der Waals surface area contributed by atoms with Crippen molar-refractivity contribution in [3.05, 3.63) is 23.8 Å². The maximum absolute atomic E-state index is 12.8. The zero-order chi connectivity index (χ0) is 23.1. The fraction of sp³-hybridized carbons (Fsp3) is 0.680. The average molecular weight is 433 g/mol. The Morgan fingerprint density at radius 2 is 1.55 bits per heavy atom. The molecule has 0 aromatic heterocycles. The van der Waals surface area contributed by atoms with Crippen LogP contribution in [0.25, 0.3) is 0 Å². The summed E-state index contributed by atoms with van der Waals surface area (Å²) in [5.41, 5.74) is 2.09. The highest BCUT2D eigenvalue weighted by molar-refractivity contribution is 6.02. The molecular weight excluding hydrogens is 388 g/mol. The van der Waals surface area contributed by atoms with Crippen LogP contribution < -0.4 is 15.5 Å². The molecule has 0 radical (unpaired) electrons. The number of amides is 2. The Hall–Kier alpha value is -2.08. The van der Waals surface area contributed by atoms with Gasteiger partial charge < -0.3 is 20.4 Å². The highest BCUT2D eigenvalue weighted by Crippen LogP contribution is 2.23. The first-order valence-corrected chi connectivity index (χ1v) is 12.0. The van der Waals surface area contributed by atoms with Gasteiger partial charge in [0.2, 0.25) is 5.91 Å². The van der Waals surface area contributed by atoms with E-state index in [1.54, 1.807) is 6.07 Å². The van der Waals surface area contributed by atoms with Gasteiger partial charge >= 0.3 is 0 Å². The molecule has 2 N–H and O–H groups in total. The Morgan fingerprint density at radius 1 is 0.903 bits per heavy atom. The van der Waals surface area contributed by atoms with Gasteiger partial charge in [0.15, 0.2) is 0 Å². The maximum atomic E-state index is 12.8. The van der Waals surface area contributed by atoms with E-state index in [9.17, 15) is 9.59 Å². The summed E-state index contributed by atoms with van der Waals surface area (Å²) in [5.74, 6) is -0.0990. The molecule has 0 saturated heterocycles. The molecule has 31 heavy (non-hydrogen) atoms. The van der Waals surface area contributed by atoms with Gasteiger partial charge in [0.05, 0.1) is 5.56 Å². The van der Waals surface area contributed by atoms with Crippen molar-refractivity contribution in [2.24, 2.45) is 0 Å². The van der Waals surface area contributed by atoms with Crippen LogP contribution in [0.1, 0.15) is 82.5 Å². The van der Waals surface area contributed by atoms with Crippen LogP contribution in [0.4, 0.5) is 11.4 Å². The van der Waals surface area contributed by atoms with Crippen molar-refractivity contribution < 1.29 is 9.59 Å². The number of rotatable bonds is 16. The summed E-state index contributed by atoms with van der Waals surface area (Å²) < 4.78 is 0. The molecule has 2 amide bonds. The monoisotopic (exact) mass is 432 g/mol. The first-order chi connectivity index (χ1) is 14.9. The summed E-state index contributed by atoms with van der Waals surface area (Å²) in [5, 5.41) is 5.98. The van der Waals surface area contributed by atoms with E-state index in [0.717, 1.165) is 38.2 Å². The van der Waals surface area contributed by atoms with E-state index in [2.05, 4.69) is 36.3 Å². The largest absolute Gasteiger partial charge is 0.377 e. The number of benzene rings is 1. The van der Waals surface area contributed by atoms with Gasteiger partial charge in [-0.15, -0.1) is 0 Å². The molecule has 6 heteroatoms. The summed E-state index contributed by atoms with van der Waals surface area (Å²) in [6, 6.07) is 5.54. The standard InChI is InChI=1S/C25H44N4O2/c1-6-9-10-11-12-13-14-15-24(30)27-21-16-17-23(28(4)5)22(20-21)25(31)26-18-19-29(7-2)8-3/h16-17,20H,6-15,18-19H2,1-5H3,(H,26,31)(H,27,30). The first-order valence-electron chi connectivity index (χ1n) is 12.0. The molecule has 0 unspecified atom stereocenters. The molecule has 0 aliphatic heterocycles. The van der Waals surface area contributed by atoms with Crippen LogP contribution in [0.15, 0.2) is 18.2 Å². The third-order valence-electron chi connectivity index (χ3n) is 5.62. The second kappa shape index (κ2) is 15.7. The van der Waals surface area contributed by atoms with Crippen LogP contribution in [0.5, 0.6) is 0 Å². The molecule has 0 aliphatic carbocycles.